The maximum Gasteiger partial charge on any atom is 0.307 e. The van der Waals surface area contributed by atoms with E-state index in [-0.39, 0.29) is 5.69 Å². The number of rotatable bonds is 8. The standard InChI is InChI=1S/C14H20N2O4/c1-10(2)7-12(14(17)18)9-15-8-11-3-5-13(6-4-11)16(19)20/h3-6,10,12,15H,7-9H2,1-2H3,(H,17,18). The van der Waals surface area contributed by atoms with Crippen LogP contribution in [0.1, 0.15) is 25.8 Å². The van der Waals surface area contributed by atoms with Crippen LogP contribution in [-0.4, -0.2) is 22.5 Å². The maximum atomic E-state index is 11.1. The fraction of sp³-hybridized carbons (Fsp3) is 0.500. The molecule has 0 aliphatic carbocycles. The summed E-state index contributed by atoms with van der Waals surface area (Å²) < 4.78 is 0. The molecule has 1 aromatic rings. The molecule has 0 saturated heterocycles. The van der Waals surface area contributed by atoms with Gasteiger partial charge in [-0.3, -0.25) is 14.9 Å². The Bertz CT molecular complexity index is 457. The molecule has 1 aromatic carbocycles. The molecule has 0 bridgehead atoms. The van der Waals surface area contributed by atoms with Gasteiger partial charge >= 0.3 is 5.97 Å². The first-order valence-corrected chi connectivity index (χ1v) is 6.57. The van der Waals surface area contributed by atoms with Crippen LogP contribution in [0, 0.1) is 22.0 Å². The largest absolute Gasteiger partial charge is 0.481 e. The SMILES string of the molecule is CC(C)CC(CNCc1ccc([N+](=O)[O-])cc1)C(=O)O. The van der Waals surface area contributed by atoms with Crippen molar-refractivity contribution in [3.8, 4) is 0 Å². The molecule has 6 nitrogen and oxygen atoms in total. The molecule has 1 rings (SSSR count). The molecule has 0 fully saturated rings. The number of hydrogen-bond acceptors (Lipinski definition) is 4. The average Bonchev–Trinajstić information content (AvgIpc) is 2.37. The van der Waals surface area contributed by atoms with Crippen LogP contribution in [0.15, 0.2) is 24.3 Å². The summed E-state index contributed by atoms with van der Waals surface area (Å²) in [6.45, 7) is 4.88. The quantitative estimate of drug-likeness (QED) is 0.563. The first-order valence-electron chi connectivity index (χ1n) is 6.57. The van der Waals surface area contributed by atoms with Crippen molar-refractivity contribution in [3.05, 3.63) is 39.9 Å². The van der Waals surface area contributed by atoms with Crippen molar-refractivity contribution >= 4 is 11.7 Å². The summed E-state index contributed by atoms with van der Waals surface area (Å²) in [5.41, 5.74) is 0.946. The van der Waals surface area contributed by atoms with E-state index < -0.39 is 16.8 Å². The number of nitro benzene ring substituents is 1. The number of nitro groups is 1. The smallest absolute Gasteiger partial charge is 0.307 e. The van der Waals surface area contributed by atoms with Gasteiger partial charge in [-0.15, -0.1) is 0 Å². The zero-order valence-electron chi connectivity index (χ0n) is 11.7. The van der Waals surface area contributed by atoms with Crippen LogP contribution in [0.2, 0.25) is 0 Å². The van der Waals surface area contributed by atoms with Gasteiger partial charge in [0.15, 0.2) is 0 Å². The molecule has 0 aromatic heterocycles. The van der Waals surface area contributed by atoms with Gasteiger partial charge in [0.05, 0.1) is 10.8 Å². The van der Waals surface area contributed by atoms with Crippen LogP contribution in [0.4, 0.5) is 5.69 Å². The Morgan fingerprint density at radius 2 is 1.95 bits per heavy atom. The first kappa shape index (κ1) is 16.1. The molecular weight excluding hydrogens is 260 g/mol. The highest BCUT2D eigenvalue weighted by atomic mass is 16.6. The molecule has 1 unspecified atom stereocenters. The third-order valence-corrected chi connectivity index (χ3v) is 2.97. The van der Waals surface area contributed by atoms with E-state index in [2.05, 4.69) is 5.32 Å². The Kier molecular flexibility index (Phi) is 6.11. The lowest BCUT2D eigenvalue weighted by atomic mass is 9.97. The van der Waals surface area contributed by atoms with Crippen LogP contribution in [-0.2, 0) is 11.3 Å². The Labute approximate surface area is 118 Å². The molecule has 0 radical (unpaired) electrons. The van der Waals surface area contributed by atoms with E-state index in [1.807, 2.05) is 13.8 Å². The number of carbonyl (C=O) groups is 1. The third kappa shape index (κ3) is 5.36. The second kappa shape index (κ2) is 7.59. The first-order chi connectivity index (χ1) is 9.40. The predicted octanol–water partition coefficient (Wildman–Crippen LogP) is 2.43. The number of nitrogens with one attached hydrogen (secondary N) is 1. The molecule has 0 spiro atoms. The van der Waals surface area contributed by atoms with Gasteiger partial charge in [-0.25, -0.2) is 0 Å². The molecular formula is C14H20N2O4. The van der Waals surface area contributed by atoms with Crippen LogP contribution in [0.5, 0.6) is 0 Å². The Morgan fingerprint density at radius 3 is 2.40 bits per heavy atom. The van der Waals surface area contributed by atoms with Crippen LogP contribution in [0.25, 0.3) is 0 Å². The summed E-state index contributed by atoms with van der Waals surface area (Å²) in [5.74, 6) is -0.875. The highest BCUT2D eigenvalue weighted by Gasteiger charge is 2.18. The predicted molar refractivity (Wildman–Crippen MR) is 75.4 cm³/mol. The van der Waals surface area contributed by atoms with Crippen molar-refractivity contribution in [1.82, 2.24) is 5.32 Å². The van der Waals surface area contributed by atoms with E-state index in [0.29, 0.717) is 25.4 Å². The van der Waals surface area contributed by atoms with Gasteiger partial charge in [0.2, 0.25) is 0 Å². The van der Waals surface area contributed by atoms with Crippen molar-refractivity contribution in [2.45, 2.75) is 26.8 Å². The number of benzene rings is 1. The molecule has 1 atom stereocenters. The Balaban J connectivity index is 2.46. The zero-order chi connectivity index (χ0) is 15.1. The number of carboxylic acids is 1. The molecule has 20 heavy (non-hydrogen) atoms. The lowest BCUT2D eigenvalue weighted by Crippen LogP contribution is -2.29. The average molecular weight is 280 g/mol. The summed E-state index contributed by atoms with van der Waals surface area (Å²) in [5, 5.41) is 22.7. The van der Waals surface area contributed by atoms with Gasteiger partial charge in [-0.2, -0.15) is 0 Å². The topological polar surface area (TPSA) is 92.5 Å². The Hall–Kier alpha value is -1.95. The van der Waals surface area contributed by atoms with Crippen molar-refractivity contribution in [1.29, 1.82) is 0 Å². The monoisotopic (exact) mass is 280 g/mol. The second-order valence-electron chi connectivity index (χ2n) is 5.22. The summed E-state index contributed by atoms with van der Waals surface area (Å²) in [4.78, 5) is 21.2. The molecule has 2 N–H and O–H groups in total. The highest BCUT2D eigenvalue weighted by molar-refractivity contribution is 5.70. The molecule has 6 heteroatoms. The minimum Gasteiger partial charge on any atom is -0.481 e. The van der Waals surface area contributed by atoms with Gasteiger partial charge in [0, 0.05) is 25.2 Å². The normalized spacial score (nSPS) is 12.3. The van der Waals surface area contributed by atoms with E-state index in [9.17, 15) is 14.9 Å². The lowest BCUT2D eigenvalue weighted by molar-refractivity contribution is -0.384. The van der Waals surface area contributed by atoms with E-state index in [4.69, 9.17) is 5.11 Å². The van der Waals surface area contributed by atoms with Crippen molar-refractivity contribution in [2.75, 3.05) is 6.54 Å². The third-order valence-electron chi connectivity index (χ3n) is 2.97. The number of non-ortho nitro benzene ring substituents is 1. The Morgan fingerprint density at radius 1 is 1.35 bits per heavy atom. The van der Waals surface area contributed by atoms with Crippen LogP contribution >= 0.6 is 0 Å². The lowest BCUT2D eigenvalue weighted by Gasteiger charge is -2.15. The second-order valence-corrected chi connectivity index (χ2v) is 5.22. The zero-order valence-corrected chi connectivity index (χ0v) is 11.7. The van der Waals surface area contributed by atoms with E-state index in [0.717, 1.165) is 5.56 Å². The molecule has 0 amide bonds. The van der Waals surface area contributed by atoms with E-state index >= 15 is 0 Å². The number of aliphatic carboxylic acids is 1. The van der Waals surface area contributed by atoms with Gasteiger partial charge in [-0.05, 0) is 17.9 Å². The summed E-state index contributed by atoms with van der Waals surface area (Å²) in [7, 11) is 0. The van der Waals surface area contributed by atoms with Crippen LogP contribution in [0.3, 0.4) is 0 Å². The summed E-state index contributed by atoms with van der Waals surface area (Å²) in [6, 6.07) is 6.23. The van der Waals surface area contributed by atoms with Gasteiger partial charge < -0.3 is 10.4 Å². The molecule has 0 aliphatic rings. The van der Waals surface area contributed by atoms with Crippen molar-refractivity contribution in [2.24, 2.45) is 11.8 Å². The van der Waals surface area contributed by atoms with E-state index in [1.165, 1.54) is 12.1 Å². The van der Waals surface area contributed by atoms with Gasteiger partial charge in [0.1, 0.15) is 0 Å². The fourth-order valence-electron chi connectivity index (χ4n) is 1.97. The highest BCUT2D eigenvalue weighted by Crippen LogP contribution is 2.13. The van der Waals surface area contributed by atoms with Crippen LogP contribution < -0.4 is 5.32 Å². The molecule has 0 aliphatic heterocycles. The number of hydrogen-bond donors (Lipinski definition) is 2. The number of carboxylic acid groups (broad SMARTS) is 1. The van der Waals surface area contributed by atoms with E-state index in [1.54, 1.807) is 12.1 Å². The summed E-state index contributed by atoms with van der Waals surface area (Å²) >= 11 is 0. The minimum absolute atomic E-state index is 0.0528. The molecule has 110 valence electrons. The molecule has 0 saturated carbocycles. The van der Waals surface area contributed by atoms with Crippen molar-refractivity contribution in [3.63, 3.8) is 0 Å². The van der Waals surface area contributed by atoms with Crippen molar-refractivity contribution < 1.29 is 14.8 Å². The minimum atomic E-state index is -0.796. The van der Waals surface area contributed by atoms with Gasteiger partial charge in [-0.1, -0.05) is 26.0 Å². The fourth-order valence-corrected chi connectivity index (χ4v) is 1.97. The van der Waals surface area contributed by atoms with Gasteiger partial charge in [0.25, 0.3) is 5.69 Å². The number of nitrogens with zero attached hydrogens (tertiary/aromatic N) is 1. The maximum absolute atomic E-state index is 11.1. The summed E-state index contributed by atoms with van der Waals surface area (Å²) in [6.07, 6.45) is 0.628. The molecule has 0 heterocycles.